The van der Waals surface area contributed by atoms with Gasteiger partial charge in [0.15, 0.2) is 0 Å². The Morgan fingerprint density at radius 1 is 1.41 bits per heavy atom. The van der Waals surface area contributed by atoms with Crippen molar-refractivity contribution in [1.82, 2.24) is 5.32 Å². The molecule has 0 saturated heterocycles. The molecule has 0 radical (unpaired) electrons. The van der Waals surface area contributed by atoms with Crippen molar-refractivity contribution in [2.75, 3.05) is 6.54 Å². The van der Waals surface area contributed by atoms with Crippen molar-refractivity contribution in [3.8, 4) is 0 Å². The zero-order valence-electron chi connectivity index (χ0n) is 11.2. The number of nitrogens with one attached hydrogen (secondary N) is 1. The van der Waals surface area contributed by atoms with Gasteiger partial charge in [0.25, 0.3) is 0 Å². The zero-order chi connectivity index (χ0) is 13.1. The number of hydrogen-bond acceptors (Lipinski definition) is 4. The number of hydrogen-bond donors (Lipinski definition) is 1. The SMILES string of the molecule is Cc1cc(CNCC(=O)OC(C)(C)C)c(C)s1. The van der Waals surface area contributed by atoms with E-state index in [1.807, 2.05) is 20.8 Å². The highest BCUT2D eigenvalue weighted by atomic mass is 32.1. The number of carbonyl (C=O) groups is 1. The molecule has 0 amide bonds. The molecule has 0 bridgehead atoms. The van der Waals surface area contributed by atoms with Gasteiger partial charge in [-0.3, -0.25) is 4.79 Å². The Hall–Kier alpha value is -0.870. The predicted octanol–water partition coefficient (Wildman–Crippen LogP) is 2.80. The maximum Gasteiger partial charge on any atom is 0.320 e. The number of esters is 1. The molecule has 0 atom stereocenters. The summed E-state index contributed by atoms with van der Waals surface area (Å²) in [6, 6.07) is 2.15. The van der Waals surface area contributed by atoms with Crippen LogP contribution >= 0.6 is 11.3 Å². The summed E-state index contributed by atoms with van der Waals surface area (Å²) in [6.45, 7) is 10.8. The maximum absolute atomic E-state index is 11.5. The molecule has 1 N–H and O–H groups in total. The van der Waals surface area contributed by atoms with Gasteiger partial charge in [0, 0.05) is 16.3 Å². The minimum absolute atomic E-state index is 0.206. The third kappa shape index (κ3) is 5.33. The molecule has 17 heavy (non-hydrogen) atoms. The highest BCUT2D eigenvalue weighted by Crippen LogP contribution is 2.20. The smallest absolute Gasteiger partial charge is 0.320 e. The van der Waals surface area contributed by atoms with E-state index in [2.05, 4.69) is 25.2 Å². The highest BCUT2D eigenvalue weighted by molar-refractivity contribution is 7.12. The minimum Gasteiger partial charge on any atom is -0.459 e. The van der Waals surface area contributed by atoms with Crippen LogP contribution in [0, 0.1) is 13.8 Å². The lowest BCUT2D eigenvalue weighted by atomic mass is 10.2. The van der Waals surface area contributed by atoms with Gasteiger partial charge in [0.05, 0.1) is 6.54 Å². The third-order valence-corrected chi connectivity index (χ3v) is 3.16. The quantitative estimate of drug-likeness (QED) is 0.841. The summed E-state index contributed by atoms with van der Waals surface area (Å²) in [5, 5.41) is 3.11. The Morgan fingerprint density at radius 2 is 2.06 bits per heavy atom. The first kappa shape index (κ1) is 14.2. The summed E-state index contributed by atoms with van der Waals surface area (Å²) >= 11 is 1.78. The number of aryl methyl sites for hydroxylation is 2. The molecule has 3 nitrogen and oxygen atoms in total. The molecule has 0 fully saturated rings. The molecule has 0 aliphatic rings. The normalized spacial score (nSPS) is 11.6. The van der Waals surface area contributed by atoms with Gasteiger partial charge in [-0.1, -0.05) is 0 Å². The Bertz CT molecular complexity index is 391. The summed E-state index contributed by atoms with van der Waals surface area (Å²) in [6.07, 6.45) is 0. The number of thiophene rings is 1. The van der Waals surface area contributed by atoms with Crippen LogP contribution in [-0.2, 0) is 16.1 Å². The first-order chi connectivity index (χ1) is 7.78. The van der Waals surface area contributed by atoms with E-state index in [0.29, 0.717) is 0 Å². The topological polar surface area (TPSA) is 38.3 Å². The van der Waals surface area contributed by atoms with Crippen LogP contribution in [0.15, 0.2) is 6.07 Å². The fraction of sp³-hybridized carbons (Fsp3) is 0.615. The van der Waals surface area contributed by atoms with Crippen molar-refractivity contribution in [3.63, 3.8) is 0 Å². The lowest BCUT2D eigenvalue weighted by molar-refractivity contribution is -0.153. The van der Waals surface area contributed by atoms with Crippen LogP contribution in [0.5, 0.6) is 0 Å². The highest BCUT2D eigenvalue weighted by Gasteiger charge is 2.15. The van der Waals surface area contributed by atoms with Crippen LogP contribution in [0.2, 0.25) is 0 Å². The van der Waals surface area contributed by atoms with Gasteiger partial charge in [0.1, 0.15) is 5.60 Å². The molecule has 0 spiro atoms. The summed E-state index contributed by atoms with van der Waals surface area (Å²) in [7, 11) is 0. The number of carbonyl (C=O) groups excluding carboxylic acids is 1. The average molecular weight is 255 g/mol. The van der Waals surface area contributed by atoms with Gasteiger partial charge in [-0.25, -0.2) is 0 Å². The van der Waals surface area contributed by atoms with E-state index in [0.717, 1.165) is 6.54 Å². The van der Waals surface area contributed by atoms with Crippen LogP contribution < -0.4 is 5.32 Å². The molecule has 0 saturated carbocycles. The fourth-order valence-corrected chi connectivity index (χ4v) is 2.48. The van der Waals surface area contributed by atoms with Gasteiger partial charge in [-0.15, -0.1) is 11.3 Å². The second-order valence-corrected chi connectivity index (χ2v) is 6.59. The molecule has 0 aliphatic carbocycles. The zero-order valence-corrected chi connectivity index (χ0v) is 12.0. The summed E-state index contributed by atoms with van der Waals surface area (Å²) in [4.78, 5) is 14.1. The molecule has 1 aromatic heterocycles. The second kappa shape index (κ2) is 5.65. The molecule has 0 aromatic carbocycles. The van der Waals surface area contributed by atoms with Crippen molar-refractivity contribution in [2.45, 2.75) is 46.8 Å². The largest absolute Gasteiger partial charge is 0.459 e. The standard InChI is InChI=1S/C13H21NO2S/c1-9-6-11(10(2)17-9)7-14-8-12(15)16-13(3,4)5/h6,14H,7-8H2,1-5H3. The Morgan fingerprint density at radius 3 is 2.53 bits per heavy atom. The van der Waals surface area contributed by atoms with Gasteiger partial charge in [-0.05, 0) is 46.2 Å². The van der Waals surface area contributed by atoms with Crippen LogP contribution in [0.4, 0.5) is 0 Å². The maximum atomic E-state index is 11.5. The van der Waals surface area contributed by atoms with Crippen molar-refractivity contribution >= 4 is 17.3 Å². The van der Waals surface area contributed by atoms with E-state index in [-0.39, 0.29) is 12.5 Å². The van der Waals surface area contributed by atoms with E-state index >= 15 is 0 Å². The Labute approximate surface area is 107 Å². The first-order valence-corrected chi connectivity index (χ1v) is 6.58. The van der Waals surface area contributed by atoms with Gasteiger partial charge in [0.2, 0.25) is 0 Å². The molecule has 1 rings (SSSR count). The molecular formula is C13H21NO2S. The average Bonchev–Trinajstić information content (AvgIpc) is 2.42. The Balaban J connectivity index is 2.33. The van der Waals surface area contributed by atoms with Crippen molar-refractivity contribution in [2.24, 2.45) is 0 Å². The molecule has 0 unspecified atom stereocenters. The van der Waals surface area contributed by atoms with Crippen molar-refractivity contribution in [3.05, 3.63) is 21.4 Å². The molecule has 4 heteroatoms. The van der Waals surface area contributed by atoms with Crippen LogP contribution in [-0.4, -0.2) is 18.1 Å². The summed E-state index contributed by atoms with van der Waals surface area (Å²) in [5.41, 5.74) is 0.851. The molecule has 0 aliphatic heterocycles. The van der Waals surface area contributed by atoms with Gasteiger partial charge in [-0.2, -0.15) is 0 Å². The first-order valence-electron chi connectivity index (χ1n) is 5.76. The fourth-order valence-electron chi connectivity index (χ4n) is 1.54. The minimum atomic E-state index is -0.409. The van der Waals surface area contributed by atoms with Crippen LogP contribution in [0.1, 0.15) is 36.1 Å². The van der Waals surface area contributed by atoms with Crippen LogP contribution in [0.3, 0.4) is 0 Å². The second-order valence-electron chi connectivity index (χ2n) is 5.13. The van der Waals surface area contributed by atoms with Gasteiger partial charge < -0.3 is 10.1 Å². The van der Waals surface area contributed by atoms with E-state index in [1.165, 1.54) is 15.3 Å². The number of ether oxygens (including phenoxy) is 1. The molecule has 1 aromatic rings. The van der Waals surface area contributed by atoms with E-state index in [9.17, 15) is 4.79 Å². The van der Waals surface area contributed by atoms with E-state index in [1.54, 1.807) is 11.3 Å². The molecular weight excluding hydrogens is 234 g/mol. The molecule has 96 valence electrons. The van der Waals surface area contributed by atoms with Gasteiger partial charge >= 0.3 is 5.97 Å². The lowest BCUT2D eigenvalue weighted by Crippen LogP contribution is -2.31. The number of rotatable bonds is 4. The lowest BCUT2D eigenvalue weighted by Gasteiger charge is -2.19. The third-order valence-electron chi connectivity index (χ3n) is 2.15. The van der Waals surface area contributed by atoms with Crippen molar-refractivity contribution in [1.29, 1.82) is 0 Å². The van der Waals surface area contributed by atoms with E-state index in [4.69, 9.17) is 4.74 Å². The monoisotopic (exact) mass is 255 g/mol. The molecule has 1 heterocycles. The predicted molar refractivity (Wildman–Crippen MR) is 71.3 cm³/mol. The Kier molecular flexibility index (Phi) is 4.71. The summed E-state index contributed by atoms with van der Waals surface area (Å²) < 4.78 is 5.21. The van der Waals surface area contributed by atoms with E-state index < -0.39 is 5.60 Å². The summed E-state index contributed by atoms with van der Waals surface area (Å²) in [5.74, 6) is -0.206. The van der Waals surface area contributed by atoms with Crippen molar-refractivity contribution < 1.29 is 9.53 Å². The van der Waals surface area contributed by atoms with Crippen LogP contribution in [0.25, 0.3) is 0 Å².